The van der Waals surface area contributed by atoms with E-state index in [9.17, 15) is 43.2 Å². The standard InChI is InChI=1S/C67H130O17P2/c1-5-9-13-17-21-24-27-29-30-31-33-35-38-42-46-50-54-67(72)84-63(58-78-65(70)52-48-44-40-37-34-32-28-25-22-18-14-10-6-2)60-82-86(75,76)80-56-61(68)55-79-85(73,74)81-59-62(57-77-64(69)51-47-43-39-20-16-12-8-4)83-66(71)53-49-45-41-36-26-23-19-15-11-7-3/h61-63,68H,5-60H2,1-4H3,(H,73,74)(H,75,76)/t61-,62+,63+/m0/s1. The molecule has 0 rings (SSSR count). The molecule has 17 nitrogen and oxygen atoms in total. The van der Waals surface area contributed by atoms with Gasteiger partial charge in [-0.25, -0.2) is 9.13 Å². The van der Waals surface area contributed by atoms with Gasteiger partial charge in [0.2, 0.25) is 0 Å². The molecule has 86 heavy (non-hydrogen) atoms. The van der Waals surface area contributed by atoms with Crippen LogP contribution in [0.4, 0.5) is 0 Å². The first kappa shape index (κ1) is 84.1. The molecule has 0 amide bonds. The molecule has 0 saturated carbocycles. The number of rotatable bonds is 68. The summed E-state index contributed by atoms with van der Waals surface area (Å²) in [5.74, 6) is -2.13. The lowest BCUT2D eigenvalue weighted by molar-refractivity contribution is -0.161. The van der Waals surface area contributed by atoms with E-state index in [2.05, 4.69) is 27.7 Å². The highest BCUT2D eigenvalue weighted by Gasteiger charge is 2.30. The molecule has 0 aromatic heterocycles. The summed E-state index contributed by atoms with van der Waals surface area (Å²) in [6.07, 6.45) is 48.6. The van der Waals surface area contributed by atoms with Gasteiger partial charge in [-0.1, -0.05) is 297 Å². The smallest absolute Gasteiger partial charge is 0.462 e. The van der Waals surface area contributed by atoms with E-state index in [1.54, 1.807) is 0 Å². The van der Waals surface area contributed by atoms with Crippen molar-refractivity contribution >= 4 is 39.5 Å². The maximum atomic E-state index is 13.0. The van der Waals surface area contributed by atoms with E-state index in [-0.39, 0.29) is 25.7 Å². The largest absolute Gasteiger partial charge is 0.472 e. The molecule has 0 radical (unpaired) electrons. The average Bonchev–Trinajstić information content (AvgIpc) is 3.61. The van der Waals surface area contributed by atoms with Gasteiger partial charge in [0.1, 0.15) is 19.3 Å². The number of phosphoric ester groups is 2. The van der Waals surface area contributed by atoms with E-state index in [0.717, 1.165) is 103 Å². The average molecular weight is 1270 g/mol. The Morgan fingerprint density at radius 2 is 0.465 bits per heavy atom. The summed E-state index contributed by atoms with van der Waals surface area (Å²) in [5, 5.41) is 10.5. The number of aliphatic hydroxyl groups excluding tert-OH is 1. The zero-order valence-corrected chi connectivity index (χ0v) is 57.1. The molecule has 3 N–H and O–H groups in total. The molecule has 510 valence electrons. The van der Waals surface area contributed by atoms with Crippen LogP contribution in [-0.2, 0) is 65.4 Å². The van der Waals surface area contributed by atoms with Crippen molar-refractivity contribution in [2.24, 2.45) is 0 Å². The summed E-state index contributed by atoms with van der Waals surface area (Å²) < 4.78 is 68.0. The molecule has 0 aliphatic heterocycles. The number of hydrogen-bond acceptors (Lipinski definition) is 15. The Morgan fingerprint density at radius 1 is 0.279 bits per heavy atom. The Labute approximate surface area is 524 Å². The van der Waals surface area contributed by atoms with Crippen LogP contribution in [0.3, 0.4) is 0 Å². The zero-order valence-electron chi connectivity index (χ0n) is 55.3. The molecule has 0 spiro atoms. The van der Waals surface area contributed by atoms with Gasteiger partial charge in [-0.2, -0.15) is 0 Å². The molecular formula is C67H130O17P2. The van der Waals surface area contributed by atoms with Gasteiger partial charge >= 0.3 is 39.5 Å². The number of aliphatic hydroxyl groups is 1. The van der Waals surface area contributed by atoms with Crippen LogP contribution in [0, 0.1) is 0 Å². The number of unbranched alkanes of at least 4 members (excludes halogenated alkanes) is 42. The summed E-state index contributed by atoms with van der Waals surface area (Å²) in [6.45, 7) is 4.88. The number of carbonyl (C=O) groups excluding carboxylic acids is 4. The molecule has 0 aromatic carbocycles. The van der Waals surface area contributed by atoms with Crippen molar-refractivity contribution in [3.8, 4) is 0 Å². The lowest BCUT2D eigenvalue weighted by atomic mass is 10.0. The highest BCUT2D eigenvalue weighted by molar-refractivity contribution is 7.47. The number of phosphoric acid groups is 2. The maximum absolute atomic E-state index is 13.0. The predicted octanol–water partition coefficient (Wildman–Crippen LogP) is 19.1. The lowest BCUT2D eigenvalue weighted by Gasteiger charge is -2.21. The quantitative estimate of drug-likeness (QED) is 0.0222. The first-order valence-corrected chi connectivity index (χ1v) is 38.3. The highest BCUT2D eigenvalue weighted by Crippen LogP contribution is 2.45. The summed E-state index contributed by atoms with van der Waals surface area (Å²) in [7, 11) is -9.88. The SMILES string of the molecule is CCCCCCCCCCCCCCCCCCC(=O)O[C@H](COC(=O)CCCCCCCCCCCCCCC)COP(=O)(O)OC[C@@H](O)COP(=O)(O)OC[C@@H](COC(=O)CCCCCCCCC)OC(=O)CCCCCCCCCCCC. The number of ether oxygens (including phenoxy) is 4. The van der Waals surface area contributed by atoms with Crippen LogP contribution in [0.15, 0.2) is 0 Å². The van der Waals surface area contributed by atoms with Gasteiger partial charge in [0.15, 0.2) is 12.2 Å². The molecule has 0 bridgehead atoms. The molecule has 0 saturated heterocycles. The van der Waals surface area contributed by atoms with Crippen LogP contribution in [0.2, 0.25) is 0 Å². The maximum Gasteiger partial charge on any atom is 0.472 e. The van der Waals surface area contributed by atoms with Crippen LogP contribution < -0.4 is 0 Å². The van der Waals surface area contributed by atoms with Gasteiger partial charge in [-0.15, -0.1) is 0 Å². The Morgan fingerprint density at radius 3 is 0.686 bits per heavy atom. The summed E-state index contributed by atoms with van der Waals surface area (Å²) in [6, 6.07) is 0. The lowest BCUT2D eigenvalue weighted by Crippen LogP contribution is -2.30. The molecule has 0 aliphatic carbocycles. The normalized spacial score (nSPS) is 14.1. The summed E-state index contributed by atoms with van der Waals surface area (Å²) in [4.78, 5) is 72.2. The van der Waals surface area contributed by atoms with Crippen LogP contribution in [0.25, 0.3) is 0 Å². The van der Waals surface area contributed by atoms with Crippen molar-refractivity contribution in [3.05, 3.63) is 0 Å². The zero-order chi connectivity index (χ0) is 63.3. The Kier molecular flexibility index (Phi) is 60.5. The van der Waals surface area contributed by atoms with E-state index < -0.39 is 97.5 Å². The highest BCUT2D eigenvalue weighted by atomic mass is 31.2. The molecular weight excluding hydrogens is 1140 g/mol. The molecule has 0 fully saturated rings. The Bertz CT molecular complexity index is 1650. The third kappa shape index (κ3) is 60.9. The Hall–Kier alpha value is -1.94. The number of carbonyl (C=O) groups is 4. The van der Waals surface area contributed by atoms with E-state index in [1.165, 1.54) is 167 Å². The Balaban J connectivity index is 5.19. The third-order valence-corrected chi connectivity index (χ3v) is 17.5. The number of esters is 4. The van der Waals surface area contributed by atoms with Crippen molar-refractivity contribution in [1.82, 2.24) is 0 Å². The number of hydrogen-bond donors (Lipinski definition) is 3. The van der Waals surface area contributed by atoms with Crippen molar-refractivity contribution < 1.29 is 80.2 Å². The molecule has 0 aromatic rings. The first-order chi connectivity index (χ1) is 41.7. The fourth-order valence-corrected chi connectivity index (χ4v) is 11.7. The summed E-state index contributed by atoms with van der Waals surface area (Å²) >= 11 is 0. The van der Waals surface area contributed by atoms with Crippen molar-refractivity contribution in [1.29, 1.82) is 0 Å². The van der Waals surface area contributed by atoms with E-state index in [1.807, 2.05) is 0 Å². The minimum Gasteiger partial charge on any atom is -0.462 e. The summed E-state index contributed by atoms with van der Waals surface area (Å²) in [5.41, 5.74) is 0. The van der Waals surface area contributed by atoms with Gasteiger partial charge in [-0.3, -0.25) is 37.3 Å². The first-order valence-electron chi connectivity index (χ1n) is 35.3. The van der Waals surface area contributed by atoms with Crippen molar-refractivity contribution in [3.63, 3.8) is 0 Å². The van der Waals surface area contributed by atoms with Gasteiger partial charge < -0.3 is 33.8 Å². The minimum atomic E-state index is -4.95. The monoisotopic (exact) mass is 1270 g/mol. The third-order valence-electron chi connectivity index (χ3n) is 15.6. The van der Waals surface area contributed by atoms with E-state index in [4.69, 9.17) is 37.0 Å². The van der Waals surface area contributed by atoms with Crippen LogP contribution in [0.1, 0.15) is 349 Å². The van der Waals surface area contributed by atoms with Crippen molar-refractivity contribution in [2.75, 3.05) is 39.6 Å². The molecule has 0 heterocycles. The van der Waals surface area contributed by atoms with Crippen LogP contribution in [-0.4, -0.2) is 96.7 Å². The van der Waals surface area contributed by atoms with Gasteiger partial charge in [0.05, 0.1) is 26.4 Å². The second kappa shape index (κ2) is 61.9. The van der Waals surface area contributed by atoms with E-state index >= 15 is 0 Å². The van der Waals surface area contributed by atoms with Gasteiger partial charge in [0, 0.05) is 25.7 Å². The fraction of sp³-hybridized carbons (Fsp3) is 0.940. The molecule has 5 atom stereocenters. The second-order valence-corrected chi connectivity index (χ2v) is 27.1. The molecule has 19 heteroatoms. The predicted molar refractivity (Wildman–Crippen MR) is 345 cm³/mol. The fourth-order valence-electron chi connectivity index (χ4n) is 10.2. The topological polar surface area (TPSA) is 237 Å². The van der Waals surface area contributed by atoms with Gasteiger partial charge in [-0.05, 0) is 25.7 Å². The van der Waals surface area contributed by atoms with Crippen LogP contribution in [0.5, 0.6) is 0 Å². The second-order valence-electron chi connectivity index (χ2n) is 24.2. The van der Waals surface area contributed by atoms with Crippen molar-refractivity contribution in [2.45, 2.75) is 367 Å². The molecule has 0 aliphatic rings. The van der Waals surface area contributed by atoms with E-state index in [0.29, 0.717) is 25.7 Å². The van der Waals surface area contributed by atoms with Crippen LogP contribution >= 0.6 is 15.6 Å². The minimum absolute atomic E-state index is 0.106. The van der Waals surface area contributed by atoms with Gasteiger partial charge in [0.25, 0.3) is 0 Å². The molecule has 2 unspecified atom stereocenters.